The molecule has 6 nitrogen and oxygen atoms in total. The highest BCUT2D eigenvalue weighted by Crippen LogP contribution is 2.16. The topological polar surface area (TPSA) is 107 Å². The molecule has 6 heteroatoms. The van der Waals surface area contributed by atoms with Crippen LogP contribution in [-0.4, -0.2) is 28.5 Å². The van der Waals surface area contributed by atoms with E-state index < -0.39 is 11.8 Å². The SMILES string of the molecule is CCC(=O)C(=N)c1cc(NC(C)=O)cc(C(=O)O)c1. The largest absolute Gasteiger partial charge is 0.478 e. The van der Waals surface area contributed by atoms with Gasteiger partial charge >= 0.3 is 5.97 Å². The summed E-state index contributed by atoms with van der Waals surface area (Å²) in [5.41, 5.74) is 0.0682. The number of carbonyl (C=O) groups is 3. The Hall–Kier alpha value is -2.50. The highest BCUT2D eigenvalue weighted by atomic mass is 16.4. The van der Waals surface area contributed by atoms with Crippen LogP contribution in [0.15, 0.2) is 18.2 Å². The summed E-state index contributed by atoms with van der Waals surface area (Å²) in [4.78, 5) is 33.4. The Bertz CT molecular complexity index is 564. The number of carbonyl (C=O) groups excluding carboxylic acids is 2. The van der Waals surface area contributed by atoms with Gasteiger partial charge in [-0.2, -0.15) is 0 Å². The minimum atomic E-state index is -1.19. The summed E-state index contributed by atoms with van der Waals surface area (Å²) in [6.07, 6.45) is 0.158. The molecule has 1 aromatic rings. The number of ketones is 1. The second kappa shape index (κ2) is 5.90. The van der Waals surface area contributed by atoms with Crippen LogP contribution < -0.4 is 5.32 Å². The molecule has 0 spiro atoms. The molecule has 0 saturated heterocycles. The first kappa shape index (κ1) is 14.6. The number of anilines is 1. The van der Waals surface area contributed by atoms with E-state index >= 15 is 0 Å². The van der Waals surface area contributed by atoms with E-state index in [0.29, 0.717) is 0 Å². The van der Waals surface area contributed by atoms with Crippen LogP contribution in [0.25, 0.3) is 0 Å². The fourth-order valence-electron chi connectivity index (χ4n) is 1.51. The fourth-order valence-corrected chi connectivity index (χ4v) is 1.51. The Labute approximate surface area is 110 Å². The van der Waals surface area contributed by atoms with Crippen LogP contribution in [0.2, 0.25) is 0 Å². The van der Waals surface area contributed by atoms with E-state index in [9.17, 15) is 14.4 Å². The number of carboxylic acid groups (broad SMARTS) is 1. The van der Waals surface area contributed by atoms with Gasteiger partial charge in [0.05, 0.1) is 5.56 Å². The summed E-state index contributed by atoms with van der Waals surface area (Å²) in [6.45, 7) is 2.91. The molecule has 0 atom stereocenters. The maximum absolute atomic E-state index is 11.5. The normalized spacial score (nSPS) is 9.79. The van der Waals surface area contributed by atoms with E-state index in [2.05, 4.69) is 5.32 Å². The number of carboxylic acids is 1. The summed E-state index contributed by atoms with van der Waals surface area (Å²) in [5.74, 6) is -1.94. The molecule has 0 fully saturated rings. The summed E-state index contributed by atoms with van der Waals surface area (Å²) in [7, 11) is 0. The number of Topliss-reactive ketones (excluding diaryl/α,β-unsaturated/α-hetero) is 1. The van der Waals surface area contributed by atoms with Gasteiger partial charge in [-0.3, -0.25) is 15.0 Å². The molecule has 0 radical (unpaired) electrons. The zero-order valence-electron chi connectivity index (χ0n) is 10.6. The minimum absolute atomic E-state index is 0.0881. The van der Waals surface area contributed by atoms with Crippen LogP contribution in [0.5, 0.6) is 0 Å². The monoisotopic (exact) mass is 262 g/mol. The molecule has 1 amide bonds. The molecule has 0 aliphatic heterocycles. The Kier molecular flexibility index (Phi) is 4.52. The minimum Gasteiger partial charge on any atom is -0.478 e. The quantitative estimate of drug-likeness (QED) is 0.702. The molecule has 3 N–H and O–H groups in total. The smallest absolute Gasteiger partial charge is 0.335 e. The molecule has 1 aromatic carbocycles. The first-order chi connectivity index (χ1) is 8.85. The first-order valence-electron chi connectivity index (χ1n) is 5.63. The average Bonchev–Trinajstić information content (AvgIpc) is 2.35. The lowest BCUT2D eigenvalue weighted by Gasteiger charge is -2.08. The van der Waals surface area contributed by atoms with Gasteiger partial charge in [-0.15, -0.1) is 0 Å². The van der Waals surface area contributed by atoms with Crippen LogP contribution in [0.3, 0.4) is 0 Å². The molecule has 100 valence electrons. The predicted molar refractivity (Wildman–Crippen MR) is 69.8 cm³/mol. The maximum atomic E-state index is 11.5. The number of benzene rings is 1. The molecular weight excluding hydrogens is 248 g/mol. The van der Waals surface area contributed by atoms with Crippen molar-refractivity contribution in [2.75, 3.05) is 5.32 Å². The van der Waals surface area contributed by atoms with Crippen molar-refractivity contribution in [1.82, 2.24) is 0 Å². The fraction of sp³-hybridized carbons (Fsp3) is 0.231. The standard InChI is InChI=1S/C13H14N2O4/c1-3-11(17)12(14)8-4-9(13(18)19)6-10(5-8)15-7(2)16/h4-6,14H,3H2,1-2H3,(H,15,16)(H,18,19). The third-order valence-corrected chi connectivity index (χ3v) is 2.39. The summed E-state index contributed by atoms with van der Waals surface area (Å²) in [6, 6.07) is 3.92. The van der Waals surface area contributed by atoms with Crippen molar-refractivity contribution >= 4 is 29.1 Å². The number of hydrogen-bond acceptors (Lipinski definition) is 4. The van der Waals surface area contributed by atoms with E-state index in [-0.39, 0.29) is 34.9 Å². The Morgan fingerprint density at radius 2 is 1.79 bits per heavy atom. The lowest BCUT2D eigenvalue weighted by Crippen LogP contribution is -2.15. The highest BCUT2D eigenvalue weighted by Gasteiger charge is 2.14. The third-order valence-electron chi connectivity index (χ3n) is 2.39. The number of rotatable bonds is 5. The summed E-state index contributed by atoms with van der Waals surface area (Å²) >= 11 is 0. The average molecular weight is 262 g/mol. The van der Waals surface area contributed by atoms with Gasteiger partial charge in [-0.25, -0.2) is 4.79 Å². The van der Waals surface area contributed by atoms with Crippen LogP contribution in [-0.2, 0) is 9.59 Å². The molecule has 19 heavy (non-hydrogen) atoms. The van der Waals surface area contributed by atoms with Crippen molar-refractivity contribution in [1.29, 1.82) is 5.41 Å². The lowest BCUT2D eigenvalue weighted by molar-refractivity contribution is -0.114. The van der Waals surface area contributed by atoms with Gasteiger partial charge in [-0.1, -0.05) is 6.92 Å². The van der Waals surface area contributed by atoms with Crippen molar-refractivity contribution in [3.05, 3.63) is 29.3 Å². The van der Waals surface area contributed by atoms with E-state index in [1.807, 2.05) is 0 Å². The van der Waals surface area contributed by atoms with E-state index in [1.54, 1.807) is 6.92 Å². The lowest BCUT2D eigenvalue weighted by atomic mass is 10.0. The highest BCUT2D eigenvalue weighted by molar-refractivity contribution is 6.45. The second-order valence-electron chi connectivity index (χ2n) is 3.94. The van der Waals surface area contributed by atoms with Gasteiger partial charge in [-0.05, 0) is 18.2 Å². The molecule has 0 aliphatic carbocycles. The number of hydrogen-bond donors (Lipinski definition) is 3. The van der Waals surface area contributed by atoms with Crippen LogP contribution in [0, 0.1) is 5.41 Å². The van der Waals surface area contributed by atoms with Crippen LogP contribution in [0.1, 0.15) is 36.2 Å². The molecule has 0 bridgehead atoms. The molecule has 0 heterocycles. The summed E-state index contributed by atoms with van der Waals surface area (Å²) < 4.78 is 0. The van der Waals surface area contributed by atoms with Gasteiger partial charge in [0.1, 0.15) is 5.71 Å². The van der Waals surface area contributed by atoms with Crippen molar-refractivity contribution in [2.45, 2.75) is 20.3 Å². The second-order valence-corrected chi connectivity index (χ2v) is 3.94. The Morgan fingerprint density at radius 3 is 2.26 bits per heavy atom. The zero-order chi connectivity index (χ0) is 14.6. The number of nitrogens with one attached hydrogen (secondary N) is 2. The van der Waals surface area contributed by atoms with E-state index in [1.165, 1.54) is 25.1 Å². The van der Waals surface area contributed by atoms with Gasteiger partial charge in [0, 0.05) is 24.6 Å². The molecule has 0 unspecified atom stereocenters. The molecule has 1 rings (SSSR count). The molecule has 0 saturated carbocycles. The van der Waals surface area contributed by atoms with Crippen molar-refractivity contribution in [2.24, 2.45) is 0 Å². The predicted octanol–water partition coefficient (Wildman–Crippen LogP) is 1.69. The van der Waals surface area contributed by atoms with Crippen molar-refractivity contribution in [3.8, 4) is 0 Å². The van der Waals surface area contributed by atoms with Crippen molar-refractivity contribution in [3.63, 3.8) is 0 Å². The van der Waals surface area contributed by atoms with Gasteiger partial charge in [0.2, 0.25) is 5.91 Å². The Morgan fingerprint density at radius 1 is 1.21 bits per heavy atom. The van der Waals surface area contributed by atoms with Gasteiger partial charge in [0.15, 0.2) is 5.78 Å². The van der Waals surface area contributed by atoms with Crippen LogP contribution >= 0.6 is 0 Å². The number of aromatic carboxylic acids is 1. The number of amides is 1. The van der Waals surface area contributed by atoms with Gasteiger partial charge < -0.3 is 10.4 Å². The summed E-state index contributed by atoms with van der Waals surface area (Å²) in [5, 5.41) is 19.1. The first-order valence-corrected chi connectivity index (χ1v) is 5.63. The van der Waals surface area contributed by atoms with Gasteiger partial charge in [0.25, 0.3) is 0 Å². The van der Waals surface area contributed by atoms with Crippen LogP contribution in [0.4, 0.5) is 5.69 Å². The van der Waals surface area contributed by atoms with E-state index in [4.69, 9.17) is 10.5 Å². The molecular formula is C13H14N2O4. The Balaban J connectivity index is 3.27. The molecule has 0 aliphatic rings. The van der Waals surface area contributed by atoms with Crippen molar-refractivity contribution < 1.29 is 19.5 Å². The zero-order valence-corrected chi connectivity index (χ0v) is 10.6. The maximum Gasteiger partial charge on any atom is 0.335 e. The van der Waals surface area contributed by atoms with E-state index in [0.717, 1.165) is 0 Å². The molecule has 0 aromatic heterocycles. The third kappa shape index (κ3) is 3.74.